The van der Waals surface area contributed by atoms with Crippen molar-refractivity contribution in [1.29, 1.82) is 0 Å². The van der Waals surface area contributed by atoms with Gasteiger partial charge in [-0.1, -0.05) is 6.07 Å². The van der Waals surface area contributed by atoms with Crippen LogP contribution >= 0.6 is 0 Å². The van der Waals surface area contributed by atoms with Crippen molar-refractivity contribution in [2.75, 3.05) is 24.2 Å². The van der Waals surface area contributed by atoms with Crippen LogP contribution in [0.15, 0.2) is 29.2 Å². The molecule has 1 aliphatic rings. The molecule has 18 heavy (non-hydrogen) atoms. The number of benzene rings is 1. The van der Waals surface area contributed by atoms with Gasteiger partial charge in [-0.25, -0.2) is 8.42 Å². The standard InChI is InChI=1S/C12H16N2O3S/c1-18(16,17)11-4-2-3-10(6-11)14-8-9(7-13)5-12(14)15/h2-4,6,9H,5,7-8,13H2,1H3. The minimum absolute atomic E-state index is 0.00361. The van der Waals surface area contributed by atoms with Gasteiger partial charge in [0.25, 0.3) is 0 Å². The van der Waals surface area contributed by atoms with Crippen molar-refractivity contribution < 1.29 is 13.2 Å². The number of hydrogen-bond donors (Lipinski definition) is 1. The van der Waals surface area contributed by atoms with E-state index in [4.69, 9.17) is 5.73 Å². The molecule has 1 atom stereocenters. The molecule has 1 saturated heterocycles. The molecule has 1 aromatic rings. The average molecular weight is 268 g/mol. The number of anilines is 1. The summed E-state index contributed by atoms with van der Waals surface area (Å²) in [6, 6.07) is 6.45. The number of nitrogens with two attached hydrogens (primary N) is 1. The number of amides is 1. The van der Waals surface area contributed by atoms with Gasteiger partial charge in [-0.05, 0) is 30.7 Å². The van der Waals surface area contributed by atoms with E-state index in [1.807, 2.05) is 0 Å². The number of hydrogen-bond acceptors (Lipinski definition) is 4. The largest absolute Gasteiger partial charge is 0.330 e. The summed E-state index contributed by atoms with van der Waals surface area (Å²) < 4.78 is 23.0. The summed E-state index contributed by atoms with van der Waals surface area (Å²) in [6.07, 6.45) is 1.58. The second-order valence-corrected chi connectivity index (χ2v) is 6.60. The number of carbonyl (C=O) groups excluding carboxylic acids is 1. The molecule has 6 heteroatoms. The van der Waals surface area contributed by atoms with Crippen molar-refractivity contribution in [3.05, 3.63) is 24.3 Å². The molecule has 1 aromatic carbocycles. The lowest BCUT2D eigenvalue weighted by molar-refractivity contribution is -0.117. The topological polar surface area (TPSA) is 80.5 Å². The predicted octanol–water partition coefficient (Wildman–Crippen LogP) is 0.402. The van der Waals surface area contributed by atoms with Gasteiger partial charge in [0.15, 0.2) is 9.84 Å². The van der Waals surface area contributed by atoms with Crippen LogP contribution in [-0.4, -0.2) is 33.7 Å². The van der Waals surface area contributed by atoms with Gasteiger partial charge in [0.05, 0.1) is 4.90 Å². The molecule has 1 amide bonds. The van der Waals surface area contributed by atoms with E-state index in [0.717, 1.165) is 6.26 Å². The molecule has 1 heterocycles. The summed E-state index contributed by atoms with van der Waals surface area (Å²) >= 11 is 0. The van der Waals surface area contributed by atoms with Crippen molar-refractivity contribution in [2.24, 2.45) is 11.7 Å². The fourth-order valence-electron chi connectivity index (χ4n) is 2.07. The highest BCUT2D eigenvalue weighted by molar-refractivity contribution is 7.90. The fourth-order valence-corrected chi connectivity index (χ4v) is 2.73. The molecule has 0 radical (unpaired) electrons. The Bertz CT molecular complexity index is 568. The van der Waals surface area contributed by atoms with Gasteiger partial charge >= 0.3 is 0 Å². The van der Waals surface area contributed by atoms with Gasteiger partial charge in [0.1, 0.15) is 0 Å². The molecule has 1 fully saturated rings. The van der Waals surface area contributed by atoms with E-state index < -0.39 is 9.84 Å². The first-order valence-corrected chi connectivity index (χ1v) is 7.61. The quantitative estimate of drug-likeness (QED) is 0.860. The molecule has 0 aromatic heterocycles. The predicted molar refractivity (Wildman–Crippen MR) is 69.1 cm³/mol. The second-order valence-electron chi connectivity index (χ2n) is 4.58. The van der Waals surface area contributed by atoms with Crippen molar-refractivity contribution in [1.82, 2.24) is 0 Å². The minimum atomic E-state index is -3.25. The molecule has 0 aliphatic carbocycles. The number of sulfone groups is 1. The maximum atomic E-state index is 11.8. The van der Waals surface area contributed by atoms with Crippen LogP contribution in [0.25, 0.3) is 0 Å². The first-order valence-electron chi connectivity index (χ1n) is 5.72. The van der Waals surface area contributed by atoms with E-state index in [0.29, 0.717) is 25.2 Å². The van der Waals surface area contributed by atoms with E-state index in [2.05, 4.69) is 0 Å². The Morgan fingerprint density at radius 1 is 1.44 bits per heavy atom. The summed E-state index contributed by atoms with van der Waals surface area (Å²) in [5, 5.41) is 0. The third-order valence-corrected chi connectivity index (χ3v) is 4.21. The minimum Gasteiger partial charge on any atom is -0.330 e. The Balaban J connectivity index is 2.32. The lowest BCUT2D eigenvalue weighted by atomic mass is 10.1. The zero-order valence-electron chi connectivity index (χ0n) is 10.2. The maximum absolute atomic E-state index is 11.8. The second kappa shape index (κ2) is 4.70. The van der Waals surface area contributed by atoms with Gasteiger partial charge in [0.2, 0.25) is 5.91 Å². The lowest BCUT2D eigenvalue weighted by Crippen LogP contribution is -2.25. The van der Waals surface area contributed by atoms with Gasteiger partial charge in [0, 0.05) is 24.9 Å². The third kappa shape index (κ3) is 2.54. The van der Waals surface area contributed by atoms with Crippen molar-refractivity contribution in [3.8, 4) is 0 Å². The van der Waals surface area contributed by atoms with Crippen LogP contribution < -0.4 is 10.6 Å². The Morgan fingerprint density at radius 2 is 2.17 bits per heavy atom. The Kier molecular flexibility index (Phi) is 3.41. The molecule has 1 unspecified atom stereocenters. The van der Waals surface area contributed by atoms with Crippen molar-refractivity contribution >= 4 is 21.4 Å². The highest BCUT2D eigenvalue weighted by Gasteiger charge is 2.29. The zero-order chi connectivity index (χ0) is 13.3. The molecule has 2 N–H and O–H groups in total. The molecule has 2 rings (SSSR count). The fraction of sp³-hybridized carbons (Fsp3) is 0.417. The zero-order valence-corrected chi connectivity index (χ0v) is 11.0. The van der Waals surface area contributed by atoms with E-state index in [1.54, 1.807) is 17.0 Å². The van der Waals surface area contributed by atoms with Crippen molar-refractivity contribution in [2.45, 2.75) is 11.3 Å². The van der Waals surface area contributed by atoms with Crippen molar-refractivity contribution in [3.63, 3.8) is 0 Å². The SMILES string of the molecule is CS(=O)(=O)c1cccc(N2CC(CN)CC2=O)c1. The molecule has 5 nitrogen and oxygen atoms in total. The van der Waals surface area contributed by atoms with E-state index in [-0.39, 0.29) is 16.7 Å². The Hall–Kier alpha value is -1.40. The number of carbonyl (C=O) groups is 1. The summed E-state index contributed by atoms with van der Waals surface area (Å²) in [4.78, 5) is 13.7. The van der Waals surface area contributed by atoms with Gasteiger partial charge in [-0.2, -0.15) is 0 Å². The molecular weight excluding hydrogens is 252 g/mol. The first kappa shape index (κ1) is 13.0. The van der Waals surface area contributed by atoms with Gasteiger partial charge in [-0.3, -0.25) is 4.79 Å². The smallest absolute Gasteiger partial charge is 0.227 e. The first-order chi connectivity index (χ1) is 8.41. The third-order valence-electron chi connectivity index (χ3n) is 3.10. The molecule has 0 bridgehead atoms. The number of rotatable bonds is 3. The highest BCUT2D eigenvalue weighted by atomic mass is 32.2. The van der Waals surface area contributed by atoms with E-state index >= 15 is 0 Å². The summed E-state index contributed by atoms with van der Waals surface area (Å²) in [6.45, 7) is 1.02. The summed E-state index contributed by atoms with van der Waals surface area (Å²) in [5.41, 5.74) is 6.18. The molecule has 1 aliphatic heterocycles. The van der Waals surface area contributed by atoms with Gasteiger partial charge in [-0.15, -0.1) is 0 Å². The molecular formula is C12H16N2O3S. The Labute approximate surface area is 107 Å². The van der Waals surface area contributed by atoms with E-state index in [1.165, 1.54) is 12.1 Å². The van der Waals surface area contributed by atoms with Gasteiger partial charge < -0.3 is 10.6 Å². The average Bonchev–Trinajstić information content (AvgIpc) is 2.70. The van der Waals surface area contributed by atoms with Crippen LogP contribution in [-0.2, 0) is 14.6 Å². The molecule has 98 valence electrons. The normalized spacial score (nSPS) is 20.4. The van der Waals surface area contributed by atoms with Crippen LogP contribution in [0.4, 0.5) is 5.69 Å². The van der Waals surface area contributed by atoms with Crippen LogP contribution in [0.1, 0.15) is 6.42 Å². The molecule has 0 saturated carbocycles. The molecule has 0 spiro atoms. The van der Waals surface area contributed by atoms with Crippen LogP contribution in [0.2, 0.25) is 0 Å². The number of nitrogens with zero attached hydrogens (tertiary/aromatic N) is 1. The Morgan fingerprint density at radius 3 is 2.72 bits per heavy atom. The maximum Gasteiger partial charge on any atom is 0.227 e. The van der Waals surface area contributed by atoms with Crippen LogP contribution in [0.5, 0.6) is 0 Å². The highest BCUT2D eigenvalue weighted by Crippen LogP contribution is 2.26. The monoisotopic (exact) mass is 268 g/mol. The summed E-state index contributed by atoms with van der Waals surface area (Å²) in [7, 11) is -3.25. The van der Waals surface area contributed by atoms with Crippen LogP contribution in [0.3, 0.4) is 0 Å². The lowest BCUT2D eigenvalue weighted by Gasteiger charge is -2.17. The van der Waals surface area contributed by atoms with Crippen LogP contribution in [0, 0.1) is 5.92 Å². The van der Waals surface area contributed by atoms with E-state index in [9.17, 15) is 13.2 Å². The summed E-state index contributed by atoms with van der Waals surface area (Å²) in [5.74, 6) is 0.149.